The molecule has 0 aromatic carbocycles. The van der Waals surface area contributed by atoms with E-state index in [9.17, 15) is 0 Å². The SMILES string of the molecule is CCC(O)[N+](C)(C)C.CCCCCCCCCCCCCCCCO. The standard InChI is InChI=1S/C16H34O.C6H16NO/c1-2-3-4-5-6-7-8-9-10-11-12-13-14-15-16-17;1-5-6(8)7(2,3)4/h17H,2-16H2,1H3;6,8H,5H2,1-4H3/q;+1. The van der Waals surface area contributed by atoms with Gasteiger partial charge in [0.2, 0.25) is 0 Å². The first-order valence-electron chi connectivity index (χ1n) is 11.0. The van der Waals surface area contributed by atoms with Crippen LogP contribution in [-0.4, -0.2) is 48.7 Å². The molecule has 0 bridgehead atoms. The lowest BCUT2D eigenvalue weighted by Gasteiger charge is -2.28. The molecule has 0 saturated carbocycles. The van der Waals surface area contributed by atoms with Crippen molar-refractivity contribution in [2.24, 2.45) is 0 Å². The van der Waals surface area contributed by atoms with Gasteiger partial charge in [0.25, 0.3) is 0 Å². The van der Waals surface area contributed by atoms with Crippen LogP contribution in [0.4, 0.5) is 0 Å². The van der Waals surface area contributed by atoms with Crippen molar-refractivity contribution in [2.75, 3.05) is 27.7 Å². The third kappa shape index (κ3) is 23.9. The molecule has 0 aliphatic carbocycles. The van der Waals surface area contributed by atoms with Crippen molar-refractivity contribution in [3.63, 3.8) is 0 Å². The predicted octanol–water partition coefficient (Wildman–Crippen LogP) is 5.88. The molecule has 1 unspecified atom stereocenters. The van der Waals surface area contributed by atoms with Gasteiger partial charge < -0.3 is 14.7 Å². The molecule has 0 spiro atoms. The number of aliphatic hydroxyl groups excluding tert-OH is 2. The van der Waals surface area contributed by atoms with Crippen LogP contribution in [0.25, 0.3) is 0 Å². The molecule has 0 amide bonds. The molecular weight excluding hydrogens is 310 g/mol. The van der Waals surface area contributed by atoms with Gasteiger partial charge in [-0.3, -0.25) is 0 Å². The summed E-state index contributed by atoms with van der Waals surface area (Å²) < 4.78 is 0.635. The Hall–Kier alpha value is -0.120. The molecule has 25 heavy (non-hydrogen) atoms. The van der Waals surface area contributed by atoms with Crippen molar-refractivity contribution in [1.82, 2.24) is 0 Å². The molecule has 0 aliphatic heterocycles. The molecule has 0 radical (unpaired) electrons. The van der Waals surface area contributed by atoms with Crippen LogP contribution in [0.5, 0.6) is 0 Å². The molecule has 0 aromatic heterocycles. The topological polar surface area (TPSA) is 40.5 Å². The van der Waals surface area contributed by atoms with Gasteiger partial charge >= 0.3 is 0 Å². The molecule has 0 saturated heterocycles. The first kappa shape index (κ1) is 27.1. The van der Waals surface area contributed by atoms with Crippen LogP contribution in [0.1, 0.15) is 110 Å². The Labute approximate surface area is 159 Å². The summed E-state index contributed by atoms with van der Waals surface area (Å²) in [5.41, 5.74) is 0. The zero-order chi connectivity index (χ0) is 19.4. The van der Waals surface area contributed by atoms with E-state index in [1.54, 1.807) is 0 Å². The van der Waals surface area contributed by atoms with Crippen LogP contribution >= 0.6 is 0 Å². The summed E-state index contributed by atoms with van der Waals surface area (Å²) in [6, 6.07) is 0. The quantitative estimate of drug-likeness (QED) is 0.205. The Morgan fingerprint density at radius 3 is 1.12 bits per heavy atom. The average molecular weight is 361 g/mol. The molecule has 3 nitrogen and oxygen atoms in total. The molecule has 3 heteroatoms. The maximum atomic E-state index is 9.17. The van der Waals surface area contributed by atoms with Crippen LogP contribution in [0.3, 0.4) is 0 Å². The largest absolute Gasteiger partial charge is 0.396 e. The van der Waals surface area contributed by atoms with Gasteiger partial charge in [-0.1, -0.05) is 97.3 Å². The van der Waals surface area contributed by atoms with Gasteiger partial charge in [0.1, 0.15) is 0 Å². The first-order chi connectivity index (χ1) is 11.9. The Balaban J connectivity index is 0. The Morgan fingerprint density at radius 1 is 0.600 bits per heavy atom. The van der Waals surface area contributed by atoms with Gasteiger partial charge in [0.15, 0.2) is 6.23 Å². The van der Waals surface area contributed by atoms with E-state index in [0.29, 0.717) is 11.1 Å². The monoisotopic (exact) mass is 360 g/mol. The molecule has 2 N–H and O–H groups in total. The lowest BCUT2D eigenvalue weighted by Crippen LogP contribution is -2.44. The zero-order valence-electron chi connectivity index (χ0n) is 18.2. The normalized spacial score (nSPS) is 12.6. The van der Waals surface area contributed by atoms with Crippen LogP contribution in [0.15, 0.2) is 0 Å². The summed E-state index contributed by atoms with van der Waals surface area (Å²) in [6.45, 7) is 4.63. The van der Waals surface area contributed by atoms with E-state index in [2.05, 4.69) is 6.92 Å². The maximum Gasteiger partial charge on any atom is 0.189 e. The molecule has 154 valence electrons. The molecule has 0 heterocycles. The summed E-state index contributed by atoms with van der Waals surface area (Å²) in [5, 5.41) is 17.8. The highest BCUT2D eigenvalue weighted by molar-refractivity contribution is 4.48. The Kier molecular flexibility index (Phi) is 21.9. The highest BCUT2D eigenvalue weighted by Gasteiger charge is 2.16. The average Bonchev–Trinajstić information content (AvgIpc) is 2.58. The van der Waals surface area contributed by atoms with Crippen molar-refractivity contribution >= 4 is 0 Å². The second kappa shape index (κ2) is 20.2. The van der Waals surface area contributed by atoms with Gasteiger partial charge in [-0.15, -0.1) is 0 Å². The van der Waals surface area contributed by atoms with Crippen molar-refractivity contribution in [1.29, 1.82) is 0 Å². The van der Waals surface area contributed by atoms with Crippen LogP contribution in [0.2, 0.25) is 0 Å². The fraction of sp³-hybridized carbons (Fsp3) is 1.00. The smallest absolute Gasteiger partial charge is 0.189 e. The summed E-state index contributed by atoms with van der Waals surface area (Å²) in [7, 11) is 5.94. The molecule has 0 aliphatic rings. The van der Waals surface area contributed by atoms with Gasteiger partial charge in [-0.05, 0) is 6.42 Å². The zero-order valence-corrected chi connectivity index (χ0v) is 18.2. The number of hydrogen-bond donors (Lipinski definition) is 2. The highest BCUT2D eigenvalue weighted by Crippen LogP contribution is 2.12. The summed E-state index contributed by atoms with van der Waals surface area (Å²) in [4.78, 5) is 0. The maximum absolute atomic E-state index is 9.17. The second-order valence-corrected chi connectivity index (χ2v) is 8.32. The molecule has 1 atom stereocenters. The van der Waals surface area contributed by atoms with Crippen molar-refractivity contribution in [3.8, 4) is 0 Å². The van der Waals surface area contributed by atoms with E-state index in [0.717, 1.165) is 12.8 Å². The third-order valence-corrected chi connectivity index (χ3v) is 4.77. The number of rotatable bonds is 16. The minimum Gasteiger partial charge on any atom is -0.396 e. The predicted molar refractivity (Wildman–Crippen MR) is 112 cm³/mol. The number of unbranched alkanes of at least 4 members (excludes halogenated alkanes) is 13. The number of nitrogens with zero attached hydrogens (tertiary/aromatic N) is 1. The number of hydrogen-bond acceptors (Lipinski definition) is 2. The molecule has 0 aromatic rings. The van der Waals surface area contributed by atoms with Crippen LogP contribution < -0.4 is 0 Å². The summed E-state index contributed by atoms with van der Waals surface area (Å²) in [6.07, 6.45) is 19.8. The highest BCUT2D eigenvalue weighted by atomic mass is 16.3. The van der Waals surface area contributed by atoms with Crippen molar-refractivity contribution in [2.45, 2.75) is 116 Å². The van der Waals surface area contributed by atoms with Crippen LogP contribution in [-0.2, 0) is 0 Å². The van der Waals surface area contributed by atoms with E-state index < -0.39 is 0 Å². The van der Waals surface area contributed by atoms with E-state index >= 15 is 0 Å². The van der Waals surface area contributed by atoms with E-state index in [1.807, 2.05) is 28.1 Å². The van der Waals surface area contributed by atoms with Crippen LogP contribution in [0, 0.1) is 0 Å². The van der Waals surface area contributed by atoms with Crippen molar-refractivity contribution < 1.29 is 14.7 Å². The van der Waals surface area contributed by atoms with Gasteiger partial charge in [0.05, 0.1) is 21.1 Å². The van der Waals surface area contributed by atoms with Gasteiger partial charge in [-0.2, -0.15) is 0 Å². The number of quaternary nitrogens is 1. The minimum absolute atomic E-state index is 0.213. The van der Waals surface area contributed by atoms with Gasteiger partial charge in [-0.25, -0.2) is 0 Å². The first-order valence-corrected chi connectivity index (χ1v) is 11.0. The minimum atomic E-state index is -0.213. The number of aliphatic hydroxyl groups is 2. The third-order valence-electron chi connectivity index (χ3n) is 4.77. The lowest BCUT2D eigenvalue weighted by atomic mass is 10.0. The van der Waals surface area contributed by atoms with Gasteiger partial charge in [0, 0.05) is 13.0 Å². The fourth-order valence-electron chi connectivity index (χ4n) is 2.85. The summed E-state index contributed by atoms with van der Waals surface area (Å²) in [5.74, 6) is 0. The second-order valence-electron chi connectivity index (χ2n) is 8.32. The molecule has 0 rings (SSSR count). The lowest BCUT2D eigenvalue weighted by molar-refractivity contribution is -0.918. The van der Waals surface area contributed by atoms with E-state index in [1.165, 1.54) is 83.5 Å². The van der Waals surface area contributed by atoms with E-state index in [-0.39, 0.29) is 6.23 Å². The summed E-state index contributed by atoms with van der Waals surface area (Å²) >= 11 is 0. The van der Waals surface area contributed by atoms with Crippen molar-refractivity contribution in [3.05, 3.63) is 0 Å². The Bertz CT molecular complexity index is 225. The molecule has 0 fully saturated rings. The molecular formula is C22H50NO2+. The Morgan fingerprint density at radius 2 is 0.920 bits per heavy atom. The fourth-order valence-corrected chi connectivity index (χ4v) is 2.85. The van der Waals surface area contributed by atoms with E-state index in [4.69, 9.17) is 10.2 Å².